The second kappa shape index (κ2) is 6.08. The predicted octanol–water partition coefficient (Wildman–Crippen LogP) is 2.78. The van der Waals surface area contributed by atoms with E-state index in [-0.39, 0.29) is 0 Å². The second-order valence-corrected chi connectivity index (χ2v) is 5.41. The zero-order valence-corrected chi connectivity index (χ0v) is 13.4. The molecule has 0 saturated carbocycles. The maximum atomic E-state index is 4.59. The molecule has 8 nitrogen and oxygen atoms in total. The number of nitrogens with zero attached hydrogens (tertiary/aromatic N) is 6. The molecule has 2 N–H and O–H groups in total. The molecular formula is C17H14N8. The summed E-state index contributed by atoms with van der Waals surface area (Å²) in [4.78, 5) is 24.1. The fraction of sp³-hybridized carbons (Fsp3) is 0.0588. The zero-order valence-electron chi connectivity index (χ0n) is 13.4. The number of aromatic amines is 2. The first-order chi connectivity index (χ1) is 12.3. The normalized spacial score (nSPS) is 11.4. The van der Waals surface area contributed by atoms with E-state index in [0.29, 0.717) is 11.5 Å². The molecule has 0 spiro atoms. The van der Waals surface area contributed by atoms with Gasteiger partial charge in [0, 0.05) is 41.6 Å². The van der Waals surface area contributed by atoms with Crippen LogP contribution in [0.1, 0.15) is 11.4 Å². The number of aryl methyl sites for hydroxylation is 1. The summed E-state index contributed by atoms with van der Waals surface area (Å²) in [7, 11) is 0. The highest BCUT2D eigenvalue weighted by Crippen LogP contribution is 2.28. The lowest BCUT2D eigenvalue weighted by atomic mass is 10.1. The van der Waals surface area contributed by atoms with Crippen molar-refractivity contribution < 1.29 is 0 Å². The molecule has 25 heavy (non-hydrogen) atoms. The van der Waals surface area contributed by atoms with E-state index in [9.17, 15) is 0 Å². The minimum atomic E-state index is 0.620. The van der Waals surface area contributed by atoms with Crippen molar-refractivity contribution in [2.45, 2.75) is 6.92 Å². The Bertz CT molecular complexity index is 1070. The molecule has 4 aromatic rings. The molecule has 0 atom stereocenters. The Balaban J connectivity index is 1.83. The van der Waals surface area contributed by atoms with Gasteiger partial charge in [-0.1, -0.05) is 0 Å². The maximum absolute atomic E-state index is 4.59. The van der Waals surface area contributed by atoms with Crippen molar-refractivity contribution in [3.05, 3.63) is 48.6 Å². The number of H-pyrrole nitrogens is 2. The van der Waals surface area contributed by atoms with Gasteiger partial charge in [-0.3, -0.25) is 10.1 Å². The van der Waals surface area contributed by atoms with Crippen molar-refractivity contribution in [3.63, 3.8) is 0 Å². The largest absolute Gasteiger partial charge is 0.340 e. The summed E-state index contributed by atoms with van der Waals surface area (Å²) in [6, 6.07) is 2.00. The van der Waals surface area contributed by atoms with E-state index in [0.717, 1.165) is 33.6 Å². The third-order valence-electron chi connectivity index (χ3n) is 3.80. The number of nitrogens with one attached hydrogen (secondary N) is 2. The summed E-state index contributed by atoms with van der Waals surface area (Å²) in [5, 5.41) is 8.13. The van der Waals surface area contributed by atoms with E-state index in [1.54, 1.807) is 30.9 Å². The average Bonchev–Trinajstić information content (AvgIpc) is 3.23. The smallest absolute Gasteiger partial charge is 0.181 e. The fourth-order valence-electron chi connectivity index (χ4n) is 2.56. The van der Waals surface area contributed by atoms with E-state index in [2.05, 4.69) is 46.8 Å². The molecule has 122 valence electrons. The van der Waals surface area contributed by atoms with Gasteiger partial charge in [-0.15, -0.1) is 0 Å². The Hall–Kier alpha value is -3.68. The van der Waals surface area contributed by atoms with E-state index in [1.165, 1.54) is 6.33 Å². The molecule has 0 aliphatic heterocycles. The number of pyridine rings is 1. The third-order valence-corrected chi connectivity index (χ3v) is 3.80. The first-order valence-corrected chi connectivity index (χ1v) is 7.55. The molecule has 0 unspecified atom stereocenters. The Morgan fingerprint density at radius 3 is 2.80 bits per heavy atom. The van der Waals surface area contributed by atoms with E-state index in [1.807, 2.05) is 13.0 Å². The van der Waals surface area contributed by atoms with Gasteiger partial charge in [0.1, 0.15) is 12.0 Å². The average molecular weight is 330 g/mol. The molecule has 4 rings (SSSR count). The molecule has 0 aliphatic rings. The van der Waals surface area contributed by atoms with Crippen LogP contribution in [0.15, 0.2) is 42.2 Å². The van der Waals surface area contributed by atoms with Gasteiger partial charge >= 0.3 is 0 Å². The summed E-state index contributed by atoms with van der Waals surface area (Å²) < 4.78 is 0. The van der Waals surface area contributed by atoms with Gasteiger partial charge in [0.05, 0.1) is 11.1 Å². The number of aliphatic imine (C=N–C) groups is 1. The Morgan fingerprint density at radius 1 is 1.16 bits per heavy atom. The number of hydrogen-bond donors (Lipinski definition) is 2. The molecule has 0 radical (unpaired) electrons. The quantitative estimate of drug-likeness (QED) is 0.559. The SMILES string of the molecule is C=N/C=C\c1nc(-c2[nH]nc3ncc(-c4cncnc4)cc23)[nH]c1C. The summed E-state index contributed by atoms with van der Waals surface area (Å²) in [6.45, 7) is 5.38. The second-order valence-electron chi connectivity index (χ2n) is 5.41. The van der Waals surface area contributed by atoms with Crippen LogP contribution in [0.5, 0.6) is 0 Å². The summed E-state index contributed by atoms with van der Waals surface area (Å²) in [5.74, 6) is 0.687. The molecule has 0 saturated heterocycles. The van der Waals surface area contributed by atoms with Crippen molar-refractivity contribution in [2.24, 2.45) is 4.99 Å². The first-order valence-electron chi connectivity index (χ1n) is 7.55. The van der Waals surface area contributed by atoms with Crippen molar-refractivity contribution in [1.29, 1.82) is 0 Å². The topological polar surface area (TPSA) is 108 Å². The van der Waals surface area contributed by atoms with Crippen molar-refractivity contribution >= 4 is 23.8 Å². The molecule has 8 heteroatoms. The van der Waals surface area contributed by atoms with Gasteiger partial charge in [0.2, 0.25) is 0 Å². The van der Waals surface area contributed by atoms with E-state index >= 15 is 0 Å². The molecular weight excluding hydrogens is 316 g/mol. The van der Waals surface area contributed by atoms with Gasteiger partial charge in [0.15, 0.2) is 11.5 Å². The lowest BCUT2D eigenvalue weighted by Crippen LogP contribution is -1.86. The van der Waals surface area contributed by atoms with E-state index < -0.39 is 0 Å². The van der Waals surface area contributed by atoms with Crippen LogP contribution in [0.2, 0.25) is 0 Å². The van der Waals surface area contributed by atoms with Gasteiger partial charge < -0.3 is 4.98 Å². The summed E-state index contributed by atoms with van der Waals surface area (Å²) >= 11 is 0. The Labute approximate surface area is 142 Å². The predicted molar refractivity (Wildman–Crippen MR) is 95.8 cm³/mol. The number of rotatable bonds is 4. The summed E-state index contributed by atoms with van der Waals surface area (Å²) in [5.41, 5.74) is 4.92. The number of imidazole rings is 1. The van der Waals surface area contributed by atoms with Gasteiger partial charge in [-0.05, 0) is 25.8 Å². The Morgan fingerprint density at radius 2 is 2.00 bits per heavy atom. The van der Waals surface area contributed by atoms with Crippen LogP contribution >= 0.6 is 0 Å². The number of aromatic nitrogens is 7. The van der Waals surface area contributed by atoms with Crippen LogP contribution < -0.4 is 0 Å². The number of fused-ring (bicyclic) bond motifs is 1. The third kappa shape index (κ3) is 2.69. The van der Waals surface area contributed by atoms with Crippen LogP contribution in [0.25, 0.3) is 39.8 Å². The lowest BCUT2D eigenvalue weighted by Gasteiger charge is -2.00. The van der Waals surface area contributed by atoms with Gasteiger partial charge in [-0.2, -0.15) is 5.10 Å². The molecule has 4 aromatic heterocycles. The van der Waals surface area contributed by atoms with Crippen LogP contribution in [0.3, 0.4) is 0 Å². The fourth-order valence-corrected chi connectivity index (χ4v) is 2.56. The number of hydrogen-bond acceptors (Lipinski definition) is 6. The van der Waals surface area contributed by atoms with Crippen LogP contribution in [0, 0.1) is 6.92 Å². The van der Waals surface area contributed by atoms with Crippen molar-refractivity contribution in [2.75, 3.05) is 0 Å². The molecule has 0 bridgehead atoms. The minimum absolute atomic E-state index is 0.620. The highest BCUT2D eigenvalue weighted by atomic mass is 15.2. The van der Waals surface area contributed by atoms with Crippen LogP contribution in [-0.2, 0) is 0 Å². The molecule has 0 aliphatic carbocycles. The van der Waals surface area contributed by atoms with Crippen molar-refractivity contribution in [1.82, 2.24) is 35.1 Å². The first kappa shape index (κ1) is 14.9. The van der Waals surface area contributed by atoms with Crippen LogP contribution in [0.4, 0.5) is 0 Å². The Kier molecular flexibility index (Phi) is 3.62. The van der Waals surface area contributed by atoms with Gasteiger partial charge in [-0.25, -0.2) is 19.9 Å². The van der Waals surface area contributed by atoms with Crippen molar-refractivity contribution in [3.8, 4) is 22.6 Å². The lowest BCUT2D eigenvalue weighted by molar-refractivity contribution is 1.08. The molecule has 0 amide bonds. The standard InChI is InChI=1S/C17H14N8/c1-10-14(3-4-18-2)23-17(22-10)15-13-5-11(8-21-16(13)25-24-15)12-6-19-9-20-7-12/h3-9H,2H2,1H3,(H,22,23)(H,21,24,25)/b4-3-. The zero-order chi connectivity index (χ0) is 17.2. The minimum Gasteiger partial charge on any atom is -0.340 e. The molecule has 0 fully saturated rings. The molecule has 0 aromatic carbocycles. The maximum Gasteiger partial charge on any atom is 0.181 e. The monoisotopic (exact) mass is 330 g/mol. The highest BCUT2D eigenvalue weighted by Gasteiger charge is 2.14. The van der Waals surface area contributed by atoms with Gasteiger partial charge in [0.25, 0.3) is 0 Å². The highest BCUT2D eigenvalue weighted by molar-refractivity contribution is 5.91. The van der Waals surface area contributed by atoms with E-state index in [4.69, 9.17) is 0 Å². The summed E-state index contributed by atoms with van der Waals surface area (Å²) in [6.07, 6.45) is 10.1. The molecule has 4 heterocycles. The van der Waals surface area contributed by atoms with Crippen LogP contribution in [-0.4, -0.2) is 41.8 Å².